The van der Waals surface area contributed by atoms with Gasteiger partial charge in [0.05, 0.1) is 39.4 Å². The maximum Gasteiger partial charge on any atom is 0.323 e. The Hall–Kier alpha value is -4.47. The van der Waals surface area contributed by atoms with Gasteiger partial charge in [0.15, 0.2) is 11.5 Å². The van der Waals surface area contributed by atoms with Crippen molar-refractivity contribution >= 4 is 11.9 Å². The first-order chi connectivity index (χ1) is 18.7. The van der Waals surface area contributed by atoms with Crippen LogP contribution in [0.25, 0.3) is 0 Å². The molecule has 0 amide bonds. The van der Waals surface area contributed by atoms with Crippen LogP contribution in [0.2, 0.25) is 0 Å². The summed E-state index contributed by atoms with van der Waals surface area (Å²) in [7, 11) is 2.70. The zero-order chi connectivity index (χ0) is 28.1. The summed E-state index contributed by atoms with van der Waals surface area (Å²) < 4.78 is 23.0. The predicted octanol–water partition coefficient (Wildman–Crippen LogP) is 3.21. The van der Waals surface area contributed by atoms with Crippen molar-refractivity contribution in [1.29, 1.82) is 0 Å². The zero-order valence-electron chi connectivity index (χ0n) is 22.1. The van der Waals surface area contributed by atoms with Crippen molar-refractivity contribution in [3.63, 3.8) is 0 Å². The Morgan fingerprint density at radius 2 is 1.90 bits per heavy atom. The molecule has 0 saturated heterocycles. The van der Waals surface area contributed by atoms with Gasteiger partial charge in [-0.15, -0.1) is 0 Å². The number of carbonyl (C=O) groups excluding carboxylic acids is 1. The fraction of sp³-hybridized carbons (Fsp3) is 0.345. The molecule has 0 bridgehead atoms. The maximum absolute atomic E-state index is 13.3. The summed E-state index contributed by atoms with van der Waals surface area (Å²) in [6.07, 6.45) is 1.30. The number of pyridine rings is 1. The van der Waals surface area contributed by atoms with Gasteiger partial charge in [-0.1, -0.05) is 18.2 Å². The molecule has 0 spiro atoms. The van der Waals surface area contributed by atoms with Crippen LogP contribution in [0.4, 0.5) is 0 Å². The number of ether oxygens (including phenoxy) is 4. The van der Waals surface area contributed by atoms with Crippen LogP contribution in [0.1, 0.15) is 40.3 Å². The molecule has 1 aromatic heterocycles. The molecular weight excluding hydrogens is 506 g/mol. The normalized spacial score (nSPS) is 12.8. The van der Waals surface area contributed by atoms with Crippen LogP contribution < -0.4 is 19.8 Å². The Kier molecular flexibility index (Phi) is 8.43. The average molecular weight is 538 g/mol. The van der Waals surface area contributed by atoms with E-state index in [1.54, 1.807) is 18.2 Å². The molecule has 0 aliphatic carbocycles. The van der Waals surface area contributed by atoms with E-state index >= 15 is 0 Å². The fourth-order valence-corrected chi connectivity index (χ4v) is 4.76. The number of carboxylic acids is 1. The van der Waals surface area contributed by atoms with Gasteiger partial charge in [0.2, 0.25) is 0 Å². The number of nitrogens with zero attached hydrogens (tertiary/aromatic N) is 1. The second kappa shape index (κ2) is 11.9. The number of aromatic hydroxyl groups is 1. The second-order valence-electron chi connectivity index (χ2n) is 9.25. The minimum absolute atomic E-state index is 0.108. The number of esters is 1. The van der Waals surface area contributed by atoms with Gasteiger partial charge >= 0.3 is 11.9 Å². The number of hydrogen-bond acceptors (Lipinski definition) is 8. The lowest BCUT2D eigenvalue weighted by Gasteiger charge is -2.21. The number of aliphatic carboxylic acids is 1. The Balaban J connectivity index is 1.62. The van der Waals surface area contributed by atoms with Crippen molar-refractivity contribution in [2.24, 2.45) is 0 Å². The summed E-state index contributed by atoms with van der Waals surface area (Å²) in [4.78, 5) is 37.0. The highest BCUT2D eigenvalue weighted by Gasteiger charge is 2.28. The maximum atomic E-state index is 13.3. The van der Waals surface area contributed by atoms with Crippen LogP contribution in [-0.2, 0) is 33.7 Å². The third kappa shape index (κ3) is 6.17. The van der Waals surface area contributed by atoms with Crippen molar-refractivity contribution in [2.45, 2.75) is 38.6 Å². The second-order valence-corrected chi connectivity index (χ2v) is 9.25. The van der Waals surface area contributed by atoms with E-state index in [4.69, 9.17) is 18.9 Å². The lowest BCUT2D eigenvalue weighted by atomic mass is 9.88. The molecule has 10 nitrogen and oxygen atoms in total. The molecule has 2 aromatic carbocycles. The third-order valence-electron chi connectivity index (χ3n) is 6.76. The molecular formula is C29H31NO9. The number of carbonyl (C=O) groups is 2. The largest absolute Gasteiger partial charge is 0.507 e. The molecule has 39 heavy (non-hydrogen) atoms. The van der Waals surface area contributed by atoms with Crippen molar-refractivity contribution < 1.29 is 38.7 Å². The molecule has 4 rings (SSSR count). The molecule has 0 unspecified atom stereocenters. The monoisotopic (exact) mass is 537 g/mol. The fourth-order valence-electron chi connectivity index (χ4n) is 4.76. The highest BCUT2D eigenvalue weighted by Crippen LogP contribution is 2.37. The number of rotatable bonds is 11. The summed E-state index contributed by atoms with van der Waals surface area (Å²) in [5, 5.41) is 20.0. The van der Waals surface area contributed by atoms with Gasteiger partial charge in [0.25, 0.3) is 5.56 Å². The number of carboxylic acid groups (broad SMARTS) is 1. The number of aryl methyl sites for hydroxylation is 1. The Bertz CT molecular complexity index is 1440. The van der Waals surface area contributed by atoms with Crippen LogP contribution in [0.5, 0.6) is 23.0 Å². The summed E-state index contributed by atoms with van der Waals surface area (Å²) in [6.45, 7) is 2.02. The summed E-state index contributed by atoms with van der Waals surface area (Å²) >= 11 is 0. The first-order valence-electron chi connectivity index (χ1n) is 12.5. The van der Waals surface area contributed by atoms with Gasteiger partial charge in [0, 0.05) is 24.5 Å². The van der Waals surface area contributed by atoms with Crippen LogP contribution >= 0.6 is 0 Å². The first-order valence-corrected chi connectivity index (χ1v) is 12.5. The van der Waals surface area contributed by atoms with E-state index in [1.165, 1.54) is 32.8 Å². The molecule has 1 aliphatic heterocycles. The summed E-state index contributed by atoms with van der Waals surface area (Å²) in [6, 6.07) is 12.4. The Morgan fingerprint density at radius 3 is 2.62 bits per heavy atom. The van der Waals surface area contributed by atoms with Crippen LogP contribution in [0, 0.1) is 6.92 Å². The lowest BCUT2D eigenvalue weighted by molar-refractivity contribution is -0.141. The van der Waals surface area contributed by atoms with E-state index < -0.39 is 30.0 Å². The van der Waals surface area contributed by atoms with E-state index in [1.807, 2.05) is 12.1 Å². The van der Waals surface area contributed by atoms with Gasteiger partial charge in [-0.25, -0.2) is 0 Å². The molecule has 0 radical (unpaired) electrons. The topological polar surface area (TPSA) is 134 Å². The van der Waals surface area contributed by atoms with Crippen LogP contribution in [0.3, 0.4) is 0 Å². The predicted molar refractivity (Wildman–Crippen MR) is 141 cm³/mol. The smallest absolute Gasteiger partial charge is 0.323 e. The molecule has 10 heteroatoms. The van der Waals surface area contributed by atoms with Gasteiger partial charge in [-0.2, -0.15) is 0 Å². The standard InChI is InChI=1S/C29H31NO9/c1-17-12-22(31)28(29(35)30(17)16-26(32)33)21(15-27(34)37-3)19-5-7-24(25(14-19)36-2)39-10-8-18-4-6-23-20(13-18)9-11-38-23/h4-7,12-14,21,31H,8-11,15-16H2,1-3H3,(H,32,33)/t21-/m0/s1. The van der Waals surface area contributed by atoms with E-state index in [9.17, 15) is 24.6 Å². The lowest BCUT2D eigenvalue weighted by Crippen LogP contribution is -2.30. The third-order valence-corrected chi connectivity index (χ3v) is 6.76. The molecule has 1 aliphatic rings. The SMILES string of the molecule is COC(=O)C[C@@H](c1ccc(OCCc2ccc3c(c2)CCO3)c(OC)c1)c1c(O)cc(C)n(CC(=O)O)c1=O. The van der Waals surface area contributed by atoms with Gasteiger partial charge in [-0.3, -0.25) is 14.4 Å². The molecule has 1 atom stereocenters. The number of fused-ring (bicyclic) bond motifs is 1. The highest BCUT2D eigenvalue weighted by molar-refractivity contribution is 5.72. The summed E-state index contributed by atoms with van der Waals surface area (Å²) in [5.74, 6) is -1.32. The zero-order valence-corrected chi connectivity index (χ0v) is 22.1. The van der Waals surface area contributed by atoms with Gasteiger partial charge in [-0.05, 0) is 47.9 Å². The average Bonchev–Trinajstić information content (AvgIpc) is 3.38. The van der Waals surface area contributed by atoms with E-state index in [0.29, 0.717) is 36.7 Å². The van der Waals surface area contributed by atoms with Crippen LogP contribution in [0.15, 0.2) is 47.3 Å². The van der Waals surface area contributed by atoms with E-state index in [0.717, 1.165) is 22.3 Å². The molecule has 0 saturated carbocycles. The van der Waals surface area contributed by atoms with Crippen molar-refractivity contribution in [1.82, 2.24) is 4.57 Å². The molecule has 3 aromatic rings. The van der Waals surface area contributed by atoms with Crippen LogP contribution in [-0.4, -0.2) is 54.2 Å². The highest BCUT2D eigenvalue weighted by atomic mass is 16.5. The van der Waals surface area contributed by atoms with Crippen molar-refractivity contribution in [3.05, 3.63) is 80.8 Å². The molecule has 0 fully saturated rings. The minimum atomic E-state index is -1.21. The number of benzene rings is 2. The Labute approximate surface area is 225 Å². The molecule has 2 N–H and O–H groups in total. The Morgan fingerprint density at radius 1 is 1.10 bits per heavy atom. The van der Waals surface area contributed by atoms with Gasteiger partial charge in [0.1, 0.15) is 18.0 Å². The number of methoxy groups -OCH3 is 2. The van der Waals surface area contributed by atoms with Crippen molar-refractivity contribution in [2.75, 3.05) is 27.4 Å². The quantitative estimate of drug-likeness (QED) is 0.354. The molecule has 2 heterocycles. The van der Waals surface area contributed by atoms with E-state index in [2.05, 4.69) is 6.07 Å². The summed E-state index contributed by atoms with van der Waals surface area (Å²) in [5.41, 5.74) is 2.26. The number of hydrogen-bond donors (Lipinski definition) is 2. The van der Waals surface area contributed by atoms with E-state index in [-0.39, 0.29) is 23.4 Å². The first kappa shape index (κ1) is 27.6. The van der Waals surface area contributed by atoms with Gasteiger partial charge < -0.3 is 33.7 Å². The number of aromatic nitrogens is 1. The molecule has 206 valence electrons. The van der Waals surface area contributed by atoms with Crippen molar-refractivity contribution in [3.8, 4) is 23.0 Å². The minimum Gasteiger partial charge on any atom is -0.507 e.